The molecule has 2 aliphatic heterocycles. The Labute approximate surface area is 187 Å². The molecule has 6 heteroatoms. The first-order valence-electron chi connectivity index (χ1n) is 9.63. The Hall–Kier alpha value is -0.820. The Morgan fingerprint density at radius 2 is 1.86 bits per heavy atom. The Morgan fingerprint density at radius 1 is 1.14 bits per heavy atom. The second-order valence-electron chi connectivity index (χ2n) is 7.54. The minimum absolute atomic E-state index is 0.162. The van der Waals surface area contributed by atoms with Crippen LogP contribution in [0.25, 0.3) is 0 Å². The minimum Gasteiger partial charge on any atom is -0.490 e. The Balaban J connectivity index is 1.74. The largest absolute Gasteiger partial charge is 0.490 e. The van der Waals surface area contributed by atoms with Gasteiger partial charge in [0.15, 0.2) is 5.78 Å². The first-order valence-corrected chi connectivity index (χ1v) is 12.0. The van der Waals surface area contributed by atoms with Crippen LogP contribution in [0.1, 0.15) is 35.2 Å². The maximum absolute atomic E-state index is 13.9. The molecule has 148 valence electrons. The summed E-state index contributed by atoms with van der Waals surface area (Å²) in [6.45, 7) is 5.22. The van der Waals surface area contributed by atoms with Crippen LogP contribution in [0.15, 0.2) is 50.2 Å². The number of halogens is 2. The monoisotopic (exact) mass is 523 g/mol. The summed E-state index contributed by atoms with van der Waals surface area (Å²) in [5.41, 5.74) is 1.71. The van der Waals surface area contributed by atoms with Gasteiger partial charge >= 0.3 is 0 Å². The lowest BCUT2D eigenvalue weighted by Gasteiger charge is -2.41. The third-order valence-corrected chi connectivity index (χ3v) is 8.60. The molecule has 0 spiro atoms. The van der Waals surface area contributed by atoms with E-state index in [2.05, 4.69) is 48.9 Å². The number of carbonyl (C=O) groups excluding carboxylic acids is 1. The summed E-state index contributed by atoms with van der Waals surface area (Å²) >= 11 is 8.87. The van der Waals surface area contributed by atoms with Gasteiger partial charge in [-0.2, -0.15) is 0 Å². The van der Waals surface area contributed by atoms with Crippen molar-refractivity contribution in [1.82, 2.24) is 4.90 Å². The average molecular weight is 525 g/mol. The van der Waals surface area contributed by atoms with Gasteiger partial charge in [-0.1, -0.05) is 40.5 Å². The highest BCUT2D eigenvalue weighted by Crippen LogP contribution is 2.46. The van der Waals surface area contributed by atoms with Crippen LogP contribution in [0.5, 0.6) is 5.75 Å². The topological polar surface area (TPSA) is 29.5 Å². The molecule has 2 aliphatic rings. The summed E-state index contributed by atoms with van der Waals surface area (Å²) in [6.07, 6.45) is 3.68. The van der Waals surface area contributed by atoms with E-state index in [1.165, 1.54) is 19.3 Å². The number of likely N-dealkylation sites (tertiary alicyclic amines) is 1. The molecule has 0 saturated carbocycles. The first-order chi connectivity index (χ1) is 13.5. The zero-order chi connectivity index (χ0) is 19.7. The lowest BCUT2D eigenvalue weighted by atomic mass is 9.92. The van der Waals surface area contributed by atoms with Crippen molar-refractivity contribution in [1.29, 1.82) is 0 Å². The normalized spacial score (nSPS) is 22.6. The van der Waals surface area contributed by atoms with E-state index < -0.39 is 4.75 Å². The Morgan fingerprint density at radius 3 is 2.57 bits per heavy atom. The highest BCUT2D eigenvalue weighted by molar-refractivity contribution is 9.11. The van der Waals surface area contributed by atoms with Crippen molar-refractivity contribution in [2.24, 2.45) is 0 Å². The molecule has 0 radical (unpaired) electrons. The number of hydrogen-bond donors (Lipinski definition) is 0. The number of fused-ring (bicyclic) bond motifs is 1. The predicted octanol–water partition coefficient (Wildman–Crippen LogP) is 6.11. The number of thioether (sulfide) groups is 1. The number of ketones is 1. The quantitative estimate of drug-likeness (QED) is 0.482. The van der Waals surface area contributed by atoms with E-state index in [1.807, 2.05) is 31.2 Å². The highest BCUT2D eigenvalue weighted by Gasteiger charge is 2.47. The first kappa shape index (κ1) is 20.5. The second kappa shape index (κ2) is 8.50. The van der Waals surface area contributed by atoms with Gasteiger partial charge in [-0.15, -0.1) is 11.8 Å². The van der Waals surface area contributed by atoms with Crippen LogP contribution in [0.2, 0.25) is 0 Å². The van der Waals surface area contributed by atoms with E-state index >= 15 is 0 Å². The number of rotatable bonds is 4. The minimum atomic E-state index is -0.639. The maximum Gasteiger partial charge on any atom is 0.187 e. The lowest BCUT2D eigenvalue weighted by molar-refractivity contribution is 0.0805. The number of Topliss-reactive ketones (excluding diaryl/α,β-unsaturated/α-hetero) is 1. The van der Waals surface area contributed by atoms with Crippen LogP contribution in [0.4, 0.5) is 0 Å². The molecule has 1 saturated heterocycles. The molecule has 1 atom stereocenters. The van der Waals surface area contributed by atoms with Crippen LogP contribution in [0, 0.1) is 6.92 Å². The van der Waals surface area contributed by atoms with E-state index in [4.69, 9.17) is 4.74 Å². The van der Waals surface area contributed by atoms with Gasteiger partial charge in [0, 0.05) is 15.9 Å². The van der Waals surface area contributed by atoms with Crippen LogP contribution in [-0.4, -0.2) is 41.7 Å². The average Bonchev–Trinajstić information content (AvgIpc) is 2.71. The summed E-state index contributed by atoms with van der Waals surface area (Å²) < 4.78 is 7.40. The van der Waals surface area contributed by atoms with Crippen LogP contribution in [-0.2, 0) is 0 Å². The number of carbonyl (C=O) groups is 1. The van der Waals surface area contributed by atoms with Crippen molar-refractivity contribution in [3.63, 3.8) is 0 Å². The zero-order valence-corrected chi connectivity index (χ0v) is 19.8. The number of nitrogens with zero attached hydrogens (tertiary/aromatic N) is 1. The third-order valence-electron chi connectivity index (χ3n) is 5.49. The van der Waals surface area contributed by atoms with Crippen molar-refractivity contribution < 1.29 is 9.53 Å². The molecule has 2 aromatic carbocycles. The SMILES string of the molecule is Cc1c(Br)cc2c(c1Br)OCC(CN1CCCCC1)(Sc1ccccc1)C2=O. The molecule has 0 aromatic heterocycles. The third kappa shape index (κ3) is 3.93. The van der Waals surface area contributed by atoms with Crippen molar-refractivity contribution in [2.45, 2.75) is 35.8 Å². The molecule has 2 heterocycles. The van der Waals surface area contributed by atoms with Gasteiger partial charge in [-0.3, -0.25) is 4.79 Å². The van der Waals surface area contributed by atoms with Gasteiger partial charge in [0.25, 0.3) is 0 Å². The molecular formula is C22H23Br2NO2S. The van der Waals surface area contributed by atoms with Crippen LogP contribution < -0.4 is 4.74 Å². The predicted molar refractivity (Wildman–Crippen MR) is 122 cm³/mol. The molecule has 0 aliphatic carbocycles. The highest BCUT2D eigenvalue weighted by atomic mass is 79.9. The maximum atomic E-state index is 13.9. The zero-order valence-electron chi connectivity index (χ0n) is 15.8. The molecule has 28 heavy (non-hydrogen) atoms. The number of ether oxygens (including phenoxy) is 1. The Kier molecular flexibility index (Phi) is 6.21. The van der Waals surface area contributed by atoms with E-state index in [1.54, 1.807) is 11.8 Å². The standard InChI is InChI=1S/C22H23Br2NO2S/c1-15-18(23)12-17-20(19(15)24)27-14-22(21(17)26,13-25-10-6-3-7-11-25)28-16-8-4-2-5-9-16/h2,4-5,8-9,12H,3,6-7,10-11,13-14H2,1H3. The fourth-order valence-corrected chi connectivity index (χ4v) is 6.47. The summed E-state index contributed by atoms with van der Waals surface area (Å²) in [5, 5.41) is 0. The van der Waals surface area contributed by atoms with Gasteiger partial charge in [0.05, 0.1) is 10.0 Å². The summed E-state index contributed by atoms with van der Waals surface area (Å²) in [7, 11) is 0. The molecule has 3 nitrogen and oxygen atoms in total. The molecule has 0 bridgehead atoms. The fraction of sp³-hybridized carbons (Fsp3) is 0.409. The van der Waals surface area contributed by atoms with Crippen LogP contribution in [0.3, 0.4) is 0 Å². The molecule has 1 fully saturated rings. The van der Waals surface area contributed by atoms with E-state index in [0.29, 0.717) is 24.5 Å². The van der Waals surface area contributed by atoms with Gasteiger partial charge < -0.3 is 9.64 Å². The number of piperidine rings is 1. The van der Waals surface area contributed by atoms with Gasteiger partial charge in [-0.25, -0.2) is 0 Å². The van der Waals surface area contributed by atoms with E-state index in [9.17, 15) is 4.79 Å². The van der Waals surface area contributed by atoms with Crippen LogP contribution >= 0.6 is 43.6 Å². The second-order valence-corrected chi connectivity index (χ2v) is 10.6. The number of hydrogen-bond acceptors (Lipinski definition) is 4. The van der Waals surface area contributed by atoms with E-state index in [0.717, 1.165) is 32.5 Å². The molecule has 0 N–H and O–H groups in total. The van der Waals surface area contributed by atoms with Crippen molar-refractivity contribution in [3.8, 4) is 5.75 Å². The fourth-order valence-electron chi connectivity index (χ4n) is 3.92. The smallest absolute Gasteiger partial charge is 0.187 e. The summed E-state index contributed by atoms with van der Waals surface area (Å²) in [4.78, 5) is 17.4. The molecule has 2 aromatic rings. The van der Waals surface area contributed by atoms with Gasteiger partial charge in [0.2, 0.25) is 0 Å². The molecule has 0 amide bonds. The lowest BCUT2D eigenvalue weighted by Crippen LogP contribution is -2.53. The molecular weight excluding hydrogens is 502 g/mol. The molecule has 4 rings (SSSR count). The molecule has 1 unspecified atom stereocenters. The van der Waals surface area contributed by atoms with Crippen molar-refractivity contribution in [3.05, 3.63) is 56.5 Å². The van der Waals surface area contributed by atoms with Gasteiger partial charge in [-0.05, 0) is 72.5 Å². The van der Waals surface area contributed by atoms with Crippen molar-refractivity contribution >= 4 is 49.4 Å². The Bertz CT molecular complexity index is 884. The van der Waals surface area contributed by atoms with Gasteiger partial charge in [0.1, 0.15) is 17.1 Å². The number of benzene rings is 2. The summed E-state index contributed by atoms with van der Waals surface area (Å²) in [6, 6.07) is 12.1. The summed E-state index contributed by atoms with van der Waals surface area (Å²) in [5.74, 6) is 0.836. The van der Waals surface area contributed by atoms with E-state index in [-0.39, 0.29) is 5.78 Å². The van der Waals surface area contributed by atoms with Crippen molar-refractivity contribution in [2.75, 3.05) is 26.2 Å².